The van der Waals surface area contributed by atoms with Crippen molar-refractivity contribution in [3.63, 3.8) is 0 Å². The largest absolute Gasteiger partial charge is 0.324 e. The first-order valence-electron chi connectivity index (χ1n) is 9.36. The number of benzene rings is 1. The Labute approximate surface area is 169 Å². The average molecular weight is 414 g/mol. The Morgan fingerprint density at radius 1 is 1.28 bits per heavy atom. The molecule has 2 amide bonds. The van der Waals surface area contributed by atoms with Gasteiger partial charge in [-0.2, -0.15) is 0 Å². The molecule has 1 aromatic carbocycles. The van der Waals surface area contributed by atoms with Gasteiger partial charge in [0, 0.05) is 18.4 Å². The van der Waals surface area contributed by atoms with Crippen LogP contribution in [0.3, 0.4) is 0 Å². The molecule has 8 nitrogen and oxygen atoms in total. The minimum atomic E-state index is -3.40. The van der Waals surface area contributed by atoms with E-state index in [1.165, 1.54) is 15.5 Å². The third kappa shape index (κ3) is 3.57. The number of carbonyl (C=O) groups excluding carboxylic acids is 2. The molecule has 29 heavy (non-hydrogen) atoms. The summed E-state index contributed by atoms with van der Waals surface area (Å²) in [7, 11) is -3.40. The molecule has 0 aromatic heterocycles. The second-order valence-corrected chi connectivity index (χ2v) is 9.53. The van der Waals surface area contributed by atoms with E-state index in [4.69, 9.17) is 0 Å². The number of allylic oxidation sites excluding steroid dienone is 2. The minimum Gasteiger partial charge on any atom is -0.324 e. The van der Waals surface area contributed by atoms with Gasteiger partial charge in [0.15, 0.2) is 0 Å². The Bertz CT molecular complexity index is 1090. The van der Waals surface area contributed by atoms with Gasteiger partial charge < -0.3 is 5.32 Å². The van der Waals surface area contributed by atoms with E-state index in [-0.39, 0.29) is 12.3 Å². The van der Waals surface area contributed by atoms with Gasteiger partial charge in [0.1, 0.15) is 11.4 Å². The van der Waals surface area contributed by atoms with Gasteiger partial charge in [-0.25, -0.2) is 8.42 Å². The second kappa shape index (κ2) is 6.84. The van der Waals surface area contributed by atoms with Crippen LogP contribution < -0.4 is 9.62 Å². The van der Waals surface area contributed by atoms with Crippen molar-refractivity contribution < 1.29 is 18.0 Å². The van der Waals surface area contributed by atoms with Crippen LogP contribution in [0.25, 0.3) is 0 Å². The number of anilines is 2. The highest BCUT2D eigenvalue weighted by molar-refractivity contribution is 7.92. The monoisotopic (exact) mass is 414 g/mol. The van der Waals surface area contributed by atoms with E-state index in [1.807, 2.05) is 6.07 Å². The van der Waals surface area contributed by atoms with Crippen LogP contribution in [0.4, 0.5) is 11.4 Å². The highest BCUT2D eigenvalue weighted by Gasteiger charge is 2.42. The van der Waals surface area contributed by atoms with E-state index in [2.05, 4.69) is 10.3 Å². The van der Waals surface area contributed by atoms with Crippen LogP contribution in [-0.4, -0.2) is 49.3 Å². The molecule has 0 fully saturated rings. The lowest BCUT2D eigenvalue weighted by atomic mass is 9.93. The van der Waals surface area contributed by atoms with Gasteiger partial charge in [0.2, 0.25) is 15.9 Å². The van der Waals surface area contributed by atoms with E-state index in [0.717, 1.165) is 18.4 Å². The van der Waals surface area contributed by atoms with E-state index in [9.17, 15) is 18.0 Å². The Balaban J connectivity index is 1.62. The molecule has 0 aliphatic carbocycles. The van der Waals surface area contributed by atoms with Crippen LogP contribution in [0.1, 0.15) is 25.3 Å². The summed E-state index contributed by atoms with van der Waals surface area (Å²) in [5.74, 6) is -0.195. The minimum absolute atomic E-state index is 0.0546. The van der Waals surface area contributed by atoms with E-state index >= 15 is 0 Å². The van der Waals surface area contributed by atoms with Crippen molar-refractivity contribution in [2.45, 2.75) is 31.7 Å². The lowest BCUT2D eigenvalue weighted by molar-refractivity contribution is -0.132. The molecule has 3 heterocycles. The first-order chi connectivity index (χ1) is 13.7. The average Bonchev–Trinajstić information content (AvgIpc) is 2.66. The highest BCUT2D eigenvalue weighted by atomic mass is 32.2. The Morgan fingerprint density at radius 2 is 2.07 bits per heavy atom. The molecule has 3 aliphatic rings. The number of hydrogen-bond acceptors (Lipinski definition) is 5. The molecule has 4 rings (SSSR count). The van der Waals surface area contributed by atoms with Crippen molar-refractivity contribution in [3.8, 4) is 0 Å². The van der Waals surface area contributed by atoms with Crippen LogP contribution in [0, 0.1) is 0 Å². The summed E-state index contributed by atoms with van der Waals surface area (Å²) in [5.41, 5.74) is 0.734. The van der Waals surface area contributed by atoms with Crippen molar-refractivity contribution in [2.24, 2.45) is 4.99 Å². The Hall–Kier alpha value is -2.94. The number of aliphatic imine (C=N–C) groups is 1. The number of fused-ring (bicyclic) bond motifs is 2. The summed E-state index contributed by atoms with van der Waals surface area (Å²) < 4.78 is 25.6. The molecule has 152 valence electrons. The van der Waals surface area contributed by atoms with Crippen molar-refractivity contribution in [1.82, 2.24) is 4.90 Å². The first kappa shape index (κ1) is 19.4. The molecule has 0 radical (unpaired) electrons. The van der Waals surface area contributed by atoms with Crippen LogP contribution in [0.2, 0.25) is 0 Å². The molecule has 0 spiro atoms. The van der Waals surface area contributed by atoms with Crippen molar-refractivity contribution in [2.75, 3.05) is 22.4 Å². The molecular formula is C20H22N4O4S. The van der Waals surface area contributed by atoms with Crippen molar-refractivity contribution in [3.05, 3.63) is 48.2 Å². The number of amides is 2. The van der Waals surface area contributed by atoms with Crippen LogP contribution in [0.15, 0.2) is 47.6 Å². The van der Waals surface area contributed by atoms with Gasteiger partial charge in [-0.05, 0) is 49.6 Å². The third-order valence-electron chi connectivity index (χ3n) is 5.27. The first-order valence-corrected chi connectivity index (χ1v) is 11.2. The number of amidine groups is 1. The zero-order chi connectivity index (χ0) is 20.8. The maximum absolute atomic E-state index is 13.0. The lowest BCUT2D eigenvalue weighted by Crippen LogP contribution is -2.50. The summed E-state index contributed by atoms with van der Waals surface area (Å²) in [6.07, 6.45) is 9.47. The van der Waals surface area contributed by atoms with E-state index in [1.54, 1.807) is 43.5 Å². The van der Waals surface area contributed by atoms with Gasteiger partial charge in [-0.1, -0.05) is 12.1 Å². The van der Waals surface area contributed by atoms with Crippen LogP contribution >= 0.6 is 0 Å². The lowest BCUT2D eigenvalue weighted by Gasteiger charge is -2.34. The molecule has 0 saturated carbocycles. The number of rotatable bonds is 3. The summed E-state index contributed by atoms with van der Waals surface area (Å²) >= 11 is 0. The SMILES string of the molecule is C[C@]1(C(=O)Nc2ccc3c(c2)N(S(C)(=O)=O)CCC3)CC(=O)N2C=CC=CC2=N1. The van der Waals surface area contributed by atoms with Gasteiger partial charge in [0.05, 0.1) is 18.4 Å². The van der Waals surface area contributed by atoms with Crippen LogP contribution in [-0.2, 0) is 26.0 Å². The van der Waals surface area contributed by atoms with Gasteiger partial charge in [-0.3, -0.25) is 23.8 Å². The number of nitrogens with one attached hydrogen (secondary N) is 1. The molecule has 1 atom stereocenters. The van der Waals surface area contributed by atoms with E-state index < -0.39 is 21.5 Å². The zero-order valence-corrected chi connectivity index (χ0v) is 17.1. The maximum atomic E-state index is 13.0. The predicted molar refractivity (Wildman–Crippen MR) is 111 cm³/mol. The maximum Gasteiger partial charge on any atom is 0.252 e. The summed E-state index contributed by atoms with van der Waals surface area (Å²) in [6, 6.07) is 5.25. The standard InChI is InChI=1S/C20H22N4O4S/c1-20(13-18(25)23-10-4-3-7-17(23)22-20)19(26)21-15-9-8-14-6-5-11-24(16(14)12-15)29(2,27)28/h3-4,7-10,12H,5-6,11,13H2,1-2H3,(H,21,26)/t20-/m1/s1. The highest BCUT2D eigenvalue weighted by Crippen LogP contribution is 2.33. The molecule has 0 bridgehead atoms. The normalized spacial score (nSPS) is 23.4. The molecule has 0 unspecified atom stereocenters. The van der Waals surface area contributed by atoms with Crippen molar-refractivity contribution >= 4 is 39.0 Å². The zero-order valence-electron chi connectivity index (χ0n) is 16.3. The molecule has 1 aromatic rings. The molecule has 0 saturated heterocycles. The predicted octanol–water partition coefficient (Wildman–Crippen LogP) is 1.81. The molecule has 1 N–H and O–H groups in total. The third-order valence-corrected chi connectivity index (χ3v) is 6.45. The summed E-state index contributed by atoms with van der Waals surface area (Å²) in [4.78, 5) is 31.4. The topological polar surface area (TPSA) is 99.2 Å². The second-order valence-electron chi connectivity index (χ2n) is 7.62. The quantitative estimate of drug-likeness (QED) is 0.815. The van der Waals surface area contributed by atoms with Gasteiger partial charge in [0.25, 0.3) is 5.91 Å². The van der Waals surface area contributed by atoms with Crippen LogP contribution in [0.5, 0.6) is 0 Å². The molecular weight excluding hydrogens is 392 g/mol. The molecule has 9 heteroatoms. The van der Waals surface area contributed by atoms with E-state index in [0.29, 0.717) is 23.8 Å². The van der Waals surface area contributed by atoms with Gasteiger partial charge >= 0.3 is 0 Å². The number of carbonyl (C=O) groups is 2. The summed E-state index contributed by atoms with van der Waals surface area (Å²) in [5, 5.41) is 2.81. The number of aryl methyl sites for hydroxylation is 1. The number of hydrogen-bond donors (Lipinski definition) is 1. The Morgan fingerprint density at radius 3 is 2.83 bits per heavy atom. The fraction of sp³-hybridized carbons (Fsp3) is 0.350. The van der Waals surface area contributed by atoms with Gasteiger partial charge in [-0.15, -0.1) is 0 Å². The summed E-state index contributed by atoms with van der Waals surface area (Å²) in [6.45, 7) is 2.04. The van der Waals surface area contributed by atoms with Crippen molar-refractivity contribution in [1.29, 1.82) is 0 Å². The number of sulfonamides is 1. The number of nitrogens with zero attached hydrogens (tertiary/aromatic N) is 3. The smallest absolute Gasteiger partial charge is 0.252 e. The molecule has 3 aliphatic heterocycles. The fourth-order valence-corrected chi connectivity index (χ4v) is 4.76. The Kier molecular flexibility index (Phi) is 4.57. The fourth-order valence-electron chi connectivity index (χ4n) is 3.77.